The first-order chi connectivity index (χ1) is 17.1. The molecule has 0 spiro atoms. The van der Waals surface area contributed by atoms with Crippen molar-refractivity contribution >= 4 is 28.2 Å². The van der Waals surface area contributed by atoms with Gasteiger partial charge in [0.2, 0.25) is 0 Å². The predicted octanol–water partition coefficient (Wildman–Crippen LogP) is 5.32. The molecule has 0 aliphatic carbocycles. The number of aryl methyl sites for hydroxylation is 1. The smallest absolute Gasteiger partial charge is 0.168 e. The van der Waals surface area contributed by atoms with E-state index in [1.54, 1.807) is 12.3 Å². The lowest BCUT2D eigenvalue weighted by molar-refractivity contribution is 0.186. The van der Waals surface area contributed by atoms with E-state index in [2.05, 4.69) is 68.3 Å². The Kier molecular flexibility index (Phi) is 6.63. The molecule has 3 heterocycles. The number of aromatic nitrogens is 4. The normalized spacial score (nSPS) is 14.7. The van der Waals surface area contributed by atoms with Gasteiger partial charge in [0.1, 0.15) is 18.0 Å². The highest BCUT2D eigenvalue weighted by Crippen LogP contribution is 2.28. The van der Waals surface area contributed by atoms with Crippen molar-refractivity contribution in [2.45, 2.75) is 39.7 Å². The first-order valence-corrected chi connectivity index (χ1v) is 12.4. The summed E-state index contributed by atoms with van der Waals surface area (Å²) >= 11 is 0. The predicted molar refractivity (Wildman–Crippen MR) is 139 cm³/mol. The summed E-state index contributed by atoms with van der Waals surface area (Å²) in [5, 5.41) is 8.59. The highest BCUT2D eigenvalue weighted by Gasteiger charge is 2.23. The highest BCUT2D eigenvalue weighted by atomic mass is 19.1. The van der Waals surface area contributed by atoms with Crippen molar-refractivity contribution < 1.29 is 4.39 Å². The molecular weight excluding hydrogens is 441 g/mol. The fourth-order valence-electron chi connectivity index (χ4n) is 5.02. The van der Waals surface area contributed by atoms with Crippen LogP contribution < -0.4 is 10.2 Å². The van der Waals surface area contributed by atoms with E-state index >= 15 is 0 Å². The molecule has 182 valence electrons. The number of hydrogen-bond acceptors (Lipinski definition) is 6. The van der Waals surface area contributed by atoms with E-state index in [0.717, 1.165) is 42.8 Å². The molecule has 8 heteroatoms. The van der Waals surface area contributed by atoms with Crippen LogP contribution in [0.15, 0.2) is 55.0 Å². The minimum Gasteiger partial charge on any atom is -0.371 e. The molecular formula is C27H32FN7. The Balaban J connectivity index is 1.34. The molecule has 1 N–H and O–H groups in total. The Hall–Kier alpha value is -3.52. The minimum absolute atomic E-state index is 0.295. The van der Waals surface area contributed by atoms with Crippen molar-refractivity contribution in [2.75, 3.05) is 36.4 Å². The number of nitrogens with one attached hydrogen (secondary N) is 1. The Morgan fingerprint density at radius 3 is 2.43 bits per heavy atom. The number of rotatable bonds is 7. The van der Waals surface area contributed by atoms with Gasteiger partial charge in [-0.3, -0.25) is 0 Å². The van der Waals surface area contributed by atoms with Crippen LogP contribution in [0.4, 0.5) is 21.6 Å². The van der Waals surface area contributed by atoms with Gasteiger partial charge < -0.3 is 15.1 Å². The minimum atomic E-state index is -0.295. The van der Waals surface area contributed by atoms with Gasteiger partial charge in [0.15, 0.2) is 5.65 Å². The van der Waals surface area contributed by atoms with Gasteiger partial charge in [0.25, 0.3) is 0 Å². The molecule has 1 saturated heterocycles. The third kappa shape index (κ3) is 4.71. The van der Waals surface area contributed by atoms with Crippen LogP contribution in [-0.4, -0.2) is 56.9 Å². The molecule has 5 rings (SSSR count). The van der Waals surface area contributed by atoms with Crippen LogP contribution in [0.2, 0.25) is 0 Å². The molecule has 35 heavy (non-hydrogen) atoms. The van der Waals surface area contributed by atoms with Crippen LogP contribution in [0.5, 0.6) is 0 Å². The number of anilines is 3. The molecule has 7 nitrogen and oxygen atoms in total. The van der Waals surface area contributed by atoms with Gasteiger partial charge in [0, 0.05) is 30.5 Å². The van der Waals surface area contributed by atoms with Crippen molar-refractivity contribution in [1.29, 1.82) is 0 Å². The van der Waals surface area contributed by atoms with Crippen molar-refractivity contribution in [3.63, 3.8) is 0 Å². The van der Waals surface area contributed by atoms with Crippen molar-refractivity contribution in [3.05, 3.63) is 66.4 Å². The molecule has 0 saturated carbocycles. The molecule has 0 radical (unpaired) electrons. The fourth-order valence-corrected chi connectivity index (χ4v) is 5.02. The van der Waals surface area contributed by atoms with E-state index in [1.807, 2.05) is 11.6 Å². The number of hydrogen-bond donors (Lipinski definition) is 1. The summed E-state index contributed by atoms with van der Waals surface area (Å²) in [5.74, 6) is 0.305. The van der Waals surface area contributed by atoms with Gasteiger partial charge in [-0.25, -0.2) is 19.0 Å². The van der Waals surface area contributed by atoms with Crippen LogP contribution in [0.25, 0.3) is 16.7 Å². The Morgan fingerprint density at radius 1 is 1.00 bits per heavy atom. The van der Waals surface area contributed by atoms with Crippen LogP contribution in [0.3, 0.4) is 0 Å². The SMILES string of the molecule is CCN(CC)C1CCN(c2ccc(-n3ncc4c(Nc5cc(F)ccc5C)ncnc43)cc2)CC1. The number of piperidine rings is 1. The zero-order chi connectivity index (χ0) is 24.4. The monoisotopic (exact) mass is 473 g/mol. The summed E-state index contributed by atoms with van der Waals surface area (Å²) in [4.78, 5) is 13.9. The van der Waals surface area contributed by atoms with Crippen molar-refractivity contribution in [1.82, 2.24) is 24.6 Å². The summed E-state index contributed by atoms with van der Waals surface area (Å²) < 4.78 is 15.6. The topological polar surface area (TPSA) is 62.1 Å². The maximum atomic E-state index is 13.7. The molecule has 0 atom stereocenters. The van der Waals surface area contributed by atoms with Crippen molar-refractivity contribution in [3.8, 4) is 5.69 Å². The van der Waals surface area contributed by atoms with E-state index in [4.69, 9.17) is 0 Å². The summed E-state index contributed by atoms with van der Waals surface area (Å²) in [6.07, 6.45) is 5.65. The number of benzene rings is 2. The Bertz CT molecular complexity index is 1290. The lowest BCUT2D eigenvalue weighted by Crippen LogP contribution is -2.44. The molecule has 2 aromatic carbocycles. The second-order valence-electron chi connectivity index (χ2n) is 9.06. The standard InChI is InChI=1S/C27H32FN7/c1-4-33(5-2)22-12-14-34(15-13-22)21-8-10-23(11-9-21)35-27-24(17-31-35)26(29-18-30-27)32-25-16-20(28)7-6-19(25)3/h6-11,16-18,22H,4-5,12-15H2,1-3H3,(H,29,30,32). The van der Waals surface area contributed by atoms with Crippen LogP contribution in [-0.2, 0) is 0 Å². The summed E-state index contributed by atoms with van der Waals surface area (Å²) in [6, 6.07) is 13.9. The van der Waals surface area contributed by atoms with Crippen LogP contribution in [0, 0.1) is 12.7 Å². The number of nitrogens with zero attached hydrogens (tertiary/aromatic N) is 6. The first-order valence-electron chi connectivity index (χ1n) is 12.4. The van der Waals surface area contributed by atoms with Crippen LogP contribution >= 0.6 is 0 Å². The molecule has 1 aliphatic rings. The lowest BCUT2D eigenvalue weighted by Gasteiger charge is -2.38. The van der Waals surface area contributed by atoms with Gasteiger partial charge in [0.05, 0.1) is 17.3 Å². The van der Waals surface area contributed by atoms with Gasteiger partial charge in [-0.1, -0.05) is 19.9 Å². The first kappa shape index (κ1) is 23.2. The van der Waals surface area contributed by atoms with E-state index in [-0.39, 0.29) is 5.82 Å². The molecule has 1 aliphatic heterocycles. The maximum Gasteiger partial charge on any atom is 0.168 e. The third-order valence-electron chi connectivity index (χ3n) is 7.07. The highest BCUT2D eigenvalue weighted by molar-refractivity contribution is 5.89. The molecule has 2 aromatic heterocycles. The maximum absolute atomic E-state index is 13.7. The number of fused-ring (bicyclic) bond motifs is 1. The summed E-state index contributed by atoms with van der Waals surface area (Å²) in [5.41, 5.74) is 4.48. The number of halogens is 1. The third-order valence-corrected chi connectivity index (χ3v) is 7.07. The molecule has 4 aromatic rings. The second-order valence-corrected chi connectivity index (χ2v) is 9.06. The molecule has 0 bridgehead atoms. The van der Waals surface area contributed by atoms with Gasteiger partial charge in [-0.05, 0) is 74.8 Å². The molecule has 1 fully saturated rings. The van der Waals surface area contributed by atoms with Gasteiger partial charge in [-0.15, -0.1) is 0 Å². The fraction of sp³-hybridized carbons (Fsp3) is 0.370. The Morgan fingerprint density at radius 2 is 1.71 bits per heavy atom. The van der Waals surface area contributed by atoms with E-state index in [1.165, 1.54) is 37.0 Å². The average molecular weight is 474 g/mol. The largest absolute Gasteiger partial charge is 0.371 e. The van der Waals surface area contributed by atoms with Gasteiger partial charge >= 0.3 is 0 Å². The molecule has 0 amide bonds. The summed E-state index contributed by atoms with van der Waals surface area (Å²) in [7, 11) is 0. The zero-order valence-corrected chi connectivity index (χ0v) is 20.6. The van der Waals surface area contributed by atoms with E-state index in [9.17, 15) is 4.39 Å². The van der Waals surface area contributed by atoms with Crippen molar-refractivity contribution in [2.24, 2.45) is 0 Å². The van der Waals surface area contributed by atoms with Crippen LogP contribution in [0.1, 0.15) is 32.3 Å². The van der Waals surface area contributed by atoms with E-state index < -0.39 is 0 Å². The summed E-state index contributed by atoms with van der Waals surface area (Å²) in [6.45, 7) is 10.8. The molecule has 0 unspecified atom stereocenters. The average Bonchev–Trinajstić information content (AvgIpc) is 3.33. The Labute approximate surface area is 205 Å². The lowest BCUT2D eigenvalue weighted by atomic mass is 10.0. The quantitative estimate of drug-likeness (QED) is 0.392. The second kappa shape index (κ2) is 10.00. The van der Waals surface area contributed by atoms with Gasteiger partial charge in [-0.2, -0.15) is 5.10 Å². The van der Waals surface area contributed by atoms with E-state index in [0.29, 0.717) is 23.2 Å². The zero-order valence-electron chi connectivity index (χ0n) is 20.6.